The number of hydrogen-bond acceptors (Lipinski definition) is 3. The lowest BCUT2D eigenvalue weighted by molar-refractivity contribution is -0.633. The maximum absolute atomic E-state index is 7.08. The monoisotopic (exact) mass is 656 g/mol. The van der Waals surface area contributed by atoms with Gasteiger partial charge in [-0.2, -0.15) is 4.57 Å². The Bertz CT molecular complexity index is 2710. The van der Waals surface area contributed by atoms with Gasteiger partial charge in [0.25, 0.3) is 5.82 Å². The van der Waals surface area contributed by atoms with Crippen molar-refractivity contribution >= 4 is 64.6 Å². The zero-order valence-electron chi connectivity index (χ0n) is 28.7. The highest BCUT2D eigenvalue weighted by atomic mass is 32.1. The van der Waals surface area contributed by atoms with E-state index in [0.29, 0.717) is 11.8 Å². The third-order valence-corrected chi connectivity index (χ3v) is 11.3. The second-order valence-electron chi connectivity index (χ2n) is 13.9. The van der Waals surface area contributed by atoms with E-state index >= 15 is 0 Å². The number of imidazole rings is 1. The molecule has 0 N–H and O–H groups in total. The molecule has 0 atom stereocenters. The van der Waals surface area contributed by atoms with Gasteiger partial charge in [-0.1, -0.05) is 100 Å². The van der Waals surface area contributed by atoms with Crippen LogP contribution in [0.1, 0.15) is 56.2 Å². The molecule has 4 aromatic heterocycles. The molecule has 49 heavy (non-hydrogen) atoms. The van der Waals surface area contributed by atoms with E-state index in [1.54, 1.807) is 11.3 Å². The first kappa shape index (κ1) is 29.8. The lowest BCUT2D eigenvalue weighted by atomic mass is 9.88. The Labute approximate surface area is 289 Å². The number of pyridine rings is 1. The van der Waals surface area contributed by atoms with Crippen molar-refractivity contribution in [2.75, 3.05) is 0 Å². The van der Waals surface area contributed by atoms with Crippen molar-refractivity contribution in [3.8, 4) is 28.2 Å². The molecule has 0 aliphatic carbocycles. The van der Waals surface area contributed by atoms with Crippen molar-refractivity contribution in [2.45, 2.75) is 46.5 Å². The fourth-order valence-corrected chi connectivity index (χ4v) is 8.88. The molecule has 4 heterocycles. The highest BCUT2D eigenvalue weighted by Gasteiger charge is 2.34. The first-order valence-corrected chi connectivity index (χ1v) is 18.0. The average molecular weight is 657 g/mol. The highest BCUT2D eigenvalue weighted by Crippen LogP contribution is 2.45. The van der Waals surface area contributed by atoms with Crippen LogP contribution in [0.15, 0.2) is 114 Å². The summed E-state index contributed by atoms with van der Waals surface area (Å²) in [6.45, 7) is 11.5. The van der Waals surface area contributed by atoms with Crippen LogP contribution in [-0.2, 0) is 7.05 Å². The zero-order valence-corrected chi connectivity index (χ0v) is 29.5. The van der Waals surface area contributed by atoms with Gasteiger partial charge < -0.3 is 4.42 Å². The third kappa shape index (κ3) is 4.42. The summed E-state index contributed by atoms with van der Waals surface area (Å²) in [4.78, 5) is 5.00. The molecule has 0 bridgehead atoms. The lowest BCUT2D eigenvalue weighted by Gasteiger charge is -2.21. The average Bonchev–Trinajstić information content (AvgIpc) is 3.77. The molecule has 0 fully saturated rings. The molecule has 0 amide bonds. The molecule has 5 heteroatoms. The lowest BCUT2D eigenvalue weighted by Crippen LogP contribution is -2.30. The fraction of sp³-hybridized carbons (Fsp3) is 0.182. The van der Waals surface area contributed by atoms with Crippen molar-refractivity contribution in [1.82, 2.24) is 9.55 Å². The molecule has 9 rings (SSSR count). The van der Waals surface area contributed by atoms with Crippen LogP contribution in [-0.4, -0.2) is 9.55 Å². The second-order valence-corrected chi connectivity index (χ2v) is 15.0. The van der Waals surface area contributed by atoms with Crippen molar-refractivity contribution in [3.05, 3.63) is 126 Å². The van der Waals surface area contributed by atoms with E-state index in [0.717, 1.165) is 43.5 Å². The normalized spacial score (nSPS) is 12.2. The molecule has 0 spiro atoms. The number of fused-ring (bicyclic) bond motifs is 8. The van der Waals surface area contributed by atoms with Gasteiger partial charge in [-0.05, 0) is 65.8 Å². The van der Waals surface area contributed by atoms with E-state index in [-0.39, 0.29) is 0 Å². The predicted octanol–water partition coefficient (Wildman–Crippen LogP) is 12.0. The number of benzene rings is 5. The smallest absolute Gasteiger partial charge is 0.299 e. The first-order chi connectivity index (χ1) is 23.8. The second kappa shape index (κ2) is 11.1. The van der Waals surface area contributed by atoms with Crippen molar-refractivity contribution in [1.29, 1.82) is 0 Å². The molecule has 5 aromatic carbocycles. The minimum Gasteiger partial charge on any atom is -0.453 e. The molecule has 0 radical (unpaired) electrons. The fourth-order valence-electron chi connectivity index (χ4n) is 7.73. The molecule has 0 aliphatic heterocycles. The van der Waals surface area contributed by atoms with Crippen LogP contribution in [0.25, 0.3) is 81.5 Å². The summed E-state index contributed by atoms with van der Waals surface area (Å²) >= 11 is 1.76. The zero-order chi connectivity index (χ0) is 33.6. The number of aryl methyl sites for hydroxylation is 2. The summed E-state index contributed by atoms with van der Waals surface area (Å²) in [5, 5.41) is 3.32. The Hall–Kier alpha value is -5.26. The van der Waals surface area contributed by atoms with Crippen LogP contribution in [0.3, 0.4) is 0 Å². The first-order valence-electron chi connectivity index (χ1n) is 17.2. The minimum absolute atomic E-state index is 0.297. The minimum atomic E-state index is 0.297. The number of rotatable bonds is 5. The van der Waals surface area contributed by atoms with Gasteiger partial charge in [0.15, 0.2) is 22.2 Å². The third-order valence-electron chi connectivity index (χ3n) is 10.2. The Balaban J connectivity index is 1.42. The van der Waals surface area contributed by atoms with E-state index in [4.69, 9.17) is 9.40 Å². The van der Waals surface area contributed by atoms with Gasteiger partial charge in [0, 0.05) is 38.2 Å². The summed E-state index contributed by atoms with van der Waals surface area (Å²) in [5.41, 5.74) is 13.9. The molecular formula is C44H38N3OS+. The van der Waals surface area contributed by atoms with Gasteiger partial charge in [0.05, 0.1) is 17.3 Å². The highest BCUT2D eigenvalue weighted by molar-refractivity contribution is 7.26. The maximum atomic E-state index is 7.08. The van der Waals surface area contributed by atoms with E-state index < -0.39 is 0 Å². The number of hydrogen-bond donors (Lipinski definition) is 0. The Morgan fingerprint density at radius 1 is 0.714 bits per heavy atom. The quantitative estimate of drug-likeness (QED) is 0.173. The van der Waals surface area contributed by atoms with E-state index in [2.05, 4.69) is 154 Å². The molecule has 0 saturated carbocycles. The molecular weight excluding hydrogens is 619 g/mol. The molecule has 4 nitrogen and oxygen atoms in total. The number of aromatic nitrogens is 3. The largest absolute Gasteiger partial charge is 0.453 e. The van der Waals surface area contributed by atoms with Crippen molar-refractivity contribution in [3.63, 3.8) is 0 Å². The summed E-state index contributed by atoms with van der Waals surface area (Å²) in [6.07, 6.45) is 2.01. The van der Waals surface area contributed by atoms with Crippen LogP contribution in [0.4, 0.5) is 0 Å². The molecule has 9 aromatic rings. The van der Waals surface area contributed by atoms with Gasteiger partial charge >= 0.3 is 0 Å². The molecule has 0 saturated heterocycles. The van der Waals surface area contributed by atoms with Crippen LogP contribution < -0.4 is 4.57 Å². The Morgan fingerprint density at radius 3 is 2.16 bits per heavy atom. The van der Waals surface area contributed by atoms with E-state index in [1.165, 1.54) is 54.6 Å². The summed E-state index contributed by atoms with van der Waals surface area (Å²) < 4.78 is 14.3. The topological polar surface area (TPSA) is 34.8 Å². The predicted molar refractivity (Wildman–Crippen MR) is 206 cm³/mol. The summed E-state index contributed by atoms with van der Waals surface area (Å²) in [6, 6.07) is 37.4. The van der Waals surface area contributed by atoms with Crippen LogP contribution in [0.2, 0.25) is 0 Å². The van der Waals surface area contributed by atoms with Crippen molar-refractivity contribution < 1.29 is 8.98 Å². The maximum Gasteiger partial charge on any atom is 0.299 e. The number of nitrogens with zero attached hydrogens (tertiary/aromatic N) is 3. The Morgan fingerprint density at radius 2 is 1.41 bits per heavy atom. The van der Waals surface area contributed by atoms with Crippen LogP contribution >= 0.6 is 11.3 Å². The van der Waals surface area contributed by atoms with Gasteiger partial charge in [-0.15, -0.1) is 11.3 Å². The van der Waals surface area contributed by atoms with Crippen LogP contribution in [0.5, 0.6) is 0 Å². The van der Waals surface area contributed by atoms with E-state index in [9.17, 15) is 0 Å². The van der Waals surface area contributed by atoms with E-state index in [1.807, 2.05) is 6.20 Å². The number of furan rings is 1. The standard InChI is InChI=1S/C44H38N3OS/c1-25(2)32-22-29(28-14-8-7-9-15-28)23-33(26(3)4)40(32)47-36-18-12-11-17-35(36)46(6)44(47)38-27(5)20-21-30-34-24-45-39-31-16-10-13-19-37(31)49-43(39)42(34)48-41(30)38/h7-26H,1-6H3/q+1. The Kier molecular flexibility index (Phi) is 6.79. The van der Waals surface area contributed by atoms with Gasteiger partial charge in [0.1, 0.15) is 11.3 Å². The van der Waals surface area contributed by atoms with Crippen LogP contribution in [0, 0.1) is 6.92 Å². The van der Waals surface area contributed by atoms with Crippen molar-refractivity contribution in [2.24, 2.45) is 7.05 Å². The molecule has 0 unspecified atom stereocenters. The number of thiophene rings is 1. The molecule has 0 aliphatic rings. The van der Waals surface area contributed by atoms with Gasteiger partial charge in [0.2, 0.25) is 0 Å². The van der Waals surface area contributed by atoms with Gasteiger partial charge in [-0.3, -0.25) is 4.98 Å². The summed E-state index contributed by atoms with van der Waals surface area (Å²) in [7, 11) is 2.20. The molecule has 240 valence electrons. The summed E-state index contributed by atoms with van der Waals surface area (Å²) in [5.74, 6) is 1.71. The number of para-hydroxylation sites is 2. The van der Waals surface area contributed by atoms with Gasteiger partial charge in [-0.25, -0.2) is 4.57 Å². The SMILES string of the molecule is Cc1ccc2c(oc3c2cnc2c4ccccc4sc23)c1-c1n(-c2c(C(C)C)cc(-c3ccccc3)cc2C(C)C)c2ccccc2[n+]1C.